The number of carbonyl (C=O) groups excluding carboxylic acids is 1. The van der Waals surface area contributed by atoms with Crippen molar-refractivity contribution in [2.45, 2.75) is 18.9 Å². The van der Waals surface area contributed by atoms with Crippen LogP contribution in [0, 0.1) is 0 Å². The Morgan fingerprint density at radius 2 is 2.00 bits per heavy atom. The Hall–Kier alpha value is -2.76. The van der Waals surface area contributed by atoms with E-state index in [1.54, 1.807) is 25.4 Å². The quantitative estimate of drug-likeness (QED) is 0.934. The van der Waals surface area contributed by atoms with Crippen molar-refractivity contribution in [1.82, 2.24) is 9.88 Å². The lowest BCUT2D eigenvalue weighted by molar-refractivity contribution is 0.207. The summed E-state index contributed by atoms with van der Waals surface area (Å²) in [6.07, 6.45) is 3.56. The Labute approximate surface area is 141 Å². The van der Waals surface area contributed by atoms with E-state index in [0.717, 1.165) is 30.7 Å². The van der Waals surface area contributed by atoms with E-state index >= 15 is 0 Å². The number of benzene rings is 1. The second kappa shape index (κ2) is 7.21. The average Bonchev–Trinajstić information content (AvgIpc) is 3.12. The number of ether oxygens (including phenoxy) is 2. The van der Waals surface area contributed by atoms with Crippen LogP contribution in [0.25, 0.3) is 0 Å². The van der Waals surface area contributed by atoms with E-state index < -0.39 is 0 Å². The molecule has 24 heavy (non-hydrogen) atoms. The summed E-state index contributed by atoms with van der Waals surface area (Å²) < 4.78 is 10.4. The Balaban J connectivity index is 1.75. The number of anilines is 1. The number of aromatic nitrogens is 1. The zero-order valence-corrected chi connectivity index (χ0v) is 13.9. The topological polar surface area (TPSA) is 63.7 Å². The minimum atomic E-state index is -0.139. The number of nitrogens with zero attached hydrogens (tertiary/aromatic N) is 2. The van der Waals surface area contributed by atoms with E-state index in [1.165, 1.54) is 7.11 Å². The molecule has 1 atom stereocenters. The summed E-state index contributed by atoms with van der Waals surface area (Å²) >= 11 is 0. The van der Waals surface area contributed by atoms with Gasteiger partial charge < -0.3 is 19.7 Å². The number of amides is 2. The van der Waals surface area contributed by atoms with Crippen LogP contribution in [-0.4, -0.2) is 36.7 Å². The lowest BCUT2D eigenvalue weighted by Gasteiger charge is -2.25. The second-order valence-corrected chi connectivity index (χ2v) is 5.61. The maximum absolute atomic E-state index is 12.7. The van der Waals surface area contributed by atoms with Gasteiger partial charge in [-0.3, -0.25) is 0 Å². The molecule has 1 saturated heterocycles. The third-order valence-electron chi connectivity index (χ3n) is 4.22. The molecule has 0 aliphatic carbocycles. The number of hydrogen-bond donors (Lipinski definition) is 1. The smallest absolute Gasteiger partial charge is 0.322 e. The van der Waals surface area contributed by atoms with Gasteiger partial charge in [0.25, 0.3) is 0 Å². The van der Waals surface area contributed by atoms with Crippen molar-refractivity contribution in [2.24, 2.45) is 0 Å². The third kappa shape index (κ3) is 3.27. The molecule has 6 nitrogen and oxygen atoms in total. The fraction of sp³-hybridized carbons (Fsp3) is 0.333. The van der Waals surface area contributed by atoms with Crippen LogP contribution in [0.4, 0.5) is 10.5 Å². The van der Waals surface area contributed by atoms with Gasteiger partial charge in [0.1, 0.15) is 11.4 Å². The maximum atomic E-state index is 12.7. The Kier molecular flexibility index (Phi) is 4.84. The van der Waals surface area contributed by atoms with E-state index in [1.807, 2.05) is 29.2 Å². The van der Waals surface area contributed by atoms with Crippen LogP contribution >= 0.6 is 0 Å². The molecule has 1 aliphatic heterocycles. The van der Waals surface area contributed by atoms with Crippen LogP contribution < -0.4 is 14.8 Å². The predicted octanol–water partition coefficient (Wildman–Crippen LogP) is 3.47. The summed E-state index contributed by atoms with van der Waals surface area (Å²) in [7, 11) is 3.18. The number of methoxy groups -OCH3 is 2. The monoisotopic (exact) mass is 327 g/mol. The Bertz CT molecular complexity index is 703. The second-order valence-electron chi connectivity index (χ2n) is 5.61. The van der Waals surface area contributed by atoms with Gasteiger partial charge in [-0.1, -0.05) is 12.1 Å². The standard InChI is InChI=1S/C18H21N3O3/c1-23-14-9-7-13(8-10-14)16-6-4-12-21(16)18(22)20-15-5-3-11-19-17(15)24-2/h3,5,7-11,16H,4,6,12H2,1-2H3,(H,20,22)/t16-/m0/s1. The van der Waals surface area contributed by atoms with E-state index in [0.29, 0.717) is 11.6 Å². The fourth-order valence-electron chi connectivity index (χ4n) is 3.02. The van der Waals surface area contributed by atoms with Crippen LogP contribution in [0.15, 0.2) is 42.6 Å². The lowest BCUT2D eigenvalue weighted by Crippen LogP contribution is -2.34. The van der Waals surface area contributed by atoms with E-state index in [4.69, 9.17) is 9.47 Å². The van der Waals surface area contributed by atoms with Gasteiger partial charge >= 0.3 is 6.03 Å². The molecule has 0 bridgehead atoms. The van der Waals surface area contributed by atoms with E-state index in [9.17, 15) is 4.79 Å². The normalized spacial score (nSPS) is 16.8. The zero-order chi connectivity index (χ0) is 16.9. The fourth-order valence-corrected chi connectivity index (χ4v) is 3.02. The maximum Gasteiger partial charge on any atom is 0.322 e. The Morgan fingerprint density at radius 3 is 2.71 bits per heavy atom. The number of pyridine rings is 1. The van der Waals surface area contributed by atoms with Crippen LogP contribution in [-0.2, 0) is 0 Å². The van der Waals surface area contributed by atoms with Gasteiger partial charge in [-0.25, -0.2) is 9.78 Å². The summed E-state index contributed by atoms with van der Waals surface area (Å²) in [6.45, 7) is 0.727. The molecule has 6 heteroatoms. The summed E-state index contributed by atoms with van der Waals surface area (Å²) in [4.78, 5) is 18.7. The average molecular weight is 327 g/mol. The first-order valence-electron chi connectivity index (χ1n) is 7.93. The molecule has 126 valence electrons. The summed E-state index contributed by atoms with van der Waals surface area (Å²) in [5, 5.41) is 2.90. The minimum Gasteiger partial charge on any atom is -0.497 e. The molecule has 0 unspecified atom stereocenters. The lowest BCUT2D eigenvalue weighted by atomic mass is 10.0. The van der Waals surface area contributed by atoms with Crippen molar-refractivity contribution in [3.05, 3.63) is 48.2 Å². The molecule has 1 aromatic carbocycles. The molecule has 1 N–H and O–H groups in total. The summed E-state index contributed by atoms with van der Waals surface area (Å²) in [5.74, 6) is 1.22. The van der Waals surface area contributed by atoms with Crippen molar-refractivity contribution in [3.63, 3.8) is 0 Å². The van der Waals surface area contributed by atoms with E-state index in [-0.39, 0.29) is 12.1 Å². The van der Waals surface area contributed by atoms with Gasteiger partial charge in [0.15, 0.2) is 0 Å². The first-order valence-corrected chi connectivity index (χ1v) is 7.93. The largest absolute Gasteiger partial charge is 0.497 e. The number of urea groups is 1. The number of likely N-dealkylation sites (tertiary alicyclic amines) is 1. The number of carbonyl (C=O) groups is 1. The van der Waals surface area contributed by atoms with Crippen molar-refractivity contribution in [1.29, 1.82) is 0 Å². The molecule has 2 aromatic rings. The van der Waals surface area contributed by atoms with Crippen molar-refractivity contribution in [3.8, 4) is 11.6 Å². The molecular weight excluding hydrogens is 306 g/mol. The molecule has 1 fully saturated rings. The highest BCUT2D eigenvalue weighted by Gasteiger charge is 2.30. The molecule has 1 aliphatic rings. The summed E-state index contributed by atoms with van der Waals surface area (Å²) in [6, 6.07) is 11.4. The van der Waals surface area contributed by atoms with Crippen LogP contribution in [0.3, 0.4) is 0 Å². The number of hydrogen-bond acceptors (Lipinski definition) is 4. The van der Waals surface area contributed by atoms with Crippen LogP contribution in [0.5, 0.6) is 11.6 Å². The van der Waals surface area contributed by atoms with Gasteiger partial charge in [0.2, 0.25) is 5.88 Å². The molecule has 3 rings (SSSR count). The molecule has 2 heterocycles. The molecule has 2 amide bonds. The molecule has 0 saturated carbocycles. The summed E-state index contributed by atoms with van der Waals surface area (Å²) in [5.41, 5.74) is 1.69. The third-order valence-corrected chi connectivity index (χ3v) is 4.22. The van der Waals surface area contributed by atoms with Gasteiger partial charge in [-0.2, -0.15) is 0 Å². The van der Waals surface area contributed by atoms with Crippen LogP contribution in [0.1, 0.15) is 24.4 Å². The SMILES string of the molecule is COc1ccc([C@@H]2CCCN2C(=O)Nc2cccnc2OC)cc1. The Morgan fingerprint density at radius 1 is 1.21 bits per heavy atom. The van der Waals surface area contributed by atoms with Crippen LogP contribution in [0.2, 0.25) is 0 Å². The zero-order valence-electron chi connectivity index (χ0n) is 13.9. The van der Waals surface area contributed by atoms with E-state index in [2.05, 4.69) is 10.3 Å². The first kappa shape index (κ1) is 16.1. The molecule has 0 radical (unpaired) electrons. The molecule has 1 aromatic heterocycles. The van der Waals surface area contributed by atoms with Gasteiger partial charge in [0.05, 0.1) is 20.3 Å². The van der Waals surface area contributed by atoms with Gasteiger partial charge in [-0.05, 0) is 42.7 Å². The van der Waals surface area contributed by atoms with Gasteiger partial charge in [0, 0.05) is 12.7 Å². The highest BCUT2D eigenvalue weighted by Crippen LogP contribution is 2.33. The van der Waals surface area contributed by atoms with Gasteiger partial charge in [-0.15, -0.1) is 0 Å². The predicted molar refractivity (Wildman–Crippen MR) is 91.5 cm³/mol. The highest BCUT2D eigenvalue weighted by molar-refractivity contribution is 5.91. The molecular formula is C18H21N3O3. The number of nitrogens with one attached hydrogen (secondary N) is 1. The van der Waals surface area contributed by atoms with Crippen molar-refractivity contribution >= 4 is 11.7 Å². The number of rotatable bonds is 4. The van der Waals surface area contributed by atoms with Crippen molar-refractivity contribution in [2.75, 3.05) is 26.1 Å². The minimum absolute atomic E-state index is 0.0681. The molecule has 0 spiro atoms. The highest BCUT2D eigenvalue weighted by atomic mass is 16.5. The van der Waals surface area contributed by atoms with Crippen molar-refractivity contribution < 1.29 is 14.3 Å². The first-order chi connectivity index (χ1) is 11.7.